The summed E-state index contributed by atoms with van der Waals surface area (Å²) in [6, 6.07) is 52.4. The zero-order chi connectivity index (χ0) is 33.6. The third-order valence-corrected chi connectivity index (χ3v) is 10.6. The number of furan rings is 1. The molecule has 8 aromatic rings. The number of rotatable bonds is 7. The first-order valence-electron chi connectivity index (χ1n) is 17.5. The normalized spacial score (nSPS) is 15.1. The van der Waals surface area contributed by atoms with E-state index in [1.807, 2.05) is 0 Å². The first-order valence-corrected chi connectivity index (χ1v) is 17.5. The lowest BCUT2D eigenvalue weighted by Gasteiger charge is -2.29. The maximum absolute atomic E-state index is 7.04. The van der Waals surface area contributed by atoms with Crippen molar-refractivity contribution in [2.45, 2.75) is 24.8 Å². The van der Waals surface area contributed by atoms with Gasteiger partial charge in [-0.25, -0.2) is 4.57 Å². The first kappa shape index (κ1) is 30.0. The van der Waals surface area contributed by atoms with Crippen LogP contribution in [0.1, 0.15) is 29.5 Å². The van der Waals surface area contributed by atoms with E-state index < -0.39 is 0 Å². The van der Waals surface area contributed by atoms with Gasteiger partial charge in [0.1, 0.15) is 18.2 Å². The monoisotopic (exact) mass is 646 g/mol. The van der Waals surface area contributed by atoms with Gasteiger partial charge in [-0.1, -0.05) is 110 Å². The molecule has 3 aromatic heterocycles. The molecule has 5 aromatic carbocycles. The van der Waals surface area contributed by atoms with Crippen molar-refractivity contribution in [2.24, 2.45) is 7.05 Å². The molecule has 3 nitrogen and oxygen atoms in total. The lowest BCUT2D eigenvalue weighted by molar-refractivity contribution is -0.707. The fourth-order valence-electron chi connectivity index (χ4n) is 8.17. The van der Waals surface area contributed by atoms with Gasteiger partial charge < -0.3 is 4.42 Å². The molecule has 0 aliphatic carbocycles. The van der Waals surface area contributed by atoms with Crippen molar-refractivity contribution in [3.05, 3.63) is 182 Å². The van der Waals surface area contributed by atoms with Gasteiger partial charge in [0.05, 0.1) is 11.5 Å². The Kier molecular flexibility index (Phi) is 7.47. The fourth-order valence-corrected chi connectivity index (χ4v) is 8.17. The molecule has 9 rings (SSSR count). The maximum Gasteiger partial charge on any atom is 0.216 e. The zero-order valence-corrected chi connectivity index (χ0v) is 28.2. The van der Waals surface area contributed by atoms with E-state index in [1.165, 1.54) is 39.1 Å². The number of pyridine rings is 2. The third-order valence-electron chi connectivity index (χ3n) is 10.6. The predicted octanol–water partition coefficient (Wildman–Crippen LogP) is 10.8. The van der Waals surface area contributed by atoms with Crippen LogP contribution in [0.4, 0.5) is 0 Å². The molecule has 0 saturated carbocycles. The average molecular weight is 647 g/mol. The highest BCUT2D eigenvalue weighted by atomic mass is 16.3. The number of benzene rings is 5. The number of para-hydroxylation sites is 1. The summed E-state index contributed by atoms with van der Waals surface area (Å²) in [5.41, 5.74) is 14.1. The molecule has 0 saturated heterocycles. The van der Waals surface area contributed by atoms with Gasteiger partial charge in [0.25, 0.3) is 0 Å². The molecule has 0 spiro atoms. The highest BCUT2D eigenvalue weighted by Gasteiger charge is 2.38. The van der Waals surface area contributed by atoms with Crippen LogP contribution in [0.2, 0.25) is 0 Å². The van der Waals surface area contributed by atoms with Crippen LogP contribution in [0, 0.1) is 0 Å². The van der Waals surface area contributed by atoms with E-state index in [4.69, 9.17) is 4.42 Å². The molecule has 0 radical (unpaired) electrons. The molecule has 1 aliphatic rings. The van der Waals surface area contributed by atoms with Crippen molar-refractivity contribution < 1.29 is 13.6 Å². The summed E-state index contributed by atoms with van der Waals surface area (Å²) in [6.45, 7) is 4.32. The number of allylic oxidation sites excluding steroid dienone is 1. The summed E-state index contributed by atoms with van der Waals surface area (Å²) in [6.07, 6.45) is 8.32. The number of fused-ring (bicyclic) bond motifs is 6. The van der Waals surface area contributed by atoms with Gasteiger partial charge in [0.15, 0.2) is 18.4 Å². The zero-order valence-electron chi connectivity index (χ0n) is 28.2. The third kappa shape index (κ3) is 4.97. The largest absolute Gasteiger partial charge is 0.454 e. The van der Waals surface area contributed by atoms with Crippen LogP contribution < -0.4 is 9.13 Å². The van der Waals surface area contributed by atoms with Gasteiger partial charge in [0, 0.05) is 46.2 Å². The van der Waals surface area contributed by atoms with Crippen LogP contribution in [0.3, 0.4) is 0 Å². The molecule has 2 atom stereocenters. The molecule has 0 fully saturated rings. The van der Waals surface area contributed by atoms with Gasteiger partial charge in [0.2, 0.25) is 11.4 Å². The Morgan fingerprint density at radius 3 is 2.10 bits per heavy atom. The molecular formula is C47H38N2O+2. The summed E-state index contributed by atoms with van der Waals surface area (Å²) < 4.78 is 11.6. The van der Waals surface area contributed by atoms with Gasteiger partial charge in [-0.2, -0.15) is 4.57 Å². The minimum Gasteiger partial charge on any atom is -0.454 e. The van der Waals surface area contributed by atoms with Crippen molar-refractivity contribution in [2.75, 3.05) is 0 Å². The second-order valence-corrected chi connectivity index (χ2v) is 13.4. The second-order valence-electron chi connectivity index (χ2n) is 13.4. The number of nitrogens with zero attached hydrogens (tertiary/aromatic N) is 2. The Labute approximate surface area is 293 Å². The summed E-state index contributed by atoms with van der Waals surface area (Å²) in [7, 11) is 2.12. The quantitative estimate of drug-likeness (QED) is 0.125. The summed E-state index contributed by atoms with van der Waals surface area (Å²) in [4.78, 5) is 0. The van der Waals surface area contributed by atoms with Crippen LogP contribution in [0.25, 0.3) is 66.7 Å². The summed E-state index contributed by atoms with van der Waals surface area (Å²) >= 11 is 0. The van der Waals surface area contributed by atoms with E-state index in [1.54, 1.807) is 0 Å². The molecule has 4 heterocycles. The van der Waals surface area contributed by atoms with Crippen molar-refractivity contribution in [3.63, 3.8) is 0 Å². The van der Waals surface area contributed by atoms with E-state index >= 15 is 0 Å². The second kappa shape index (κ2) is 12.4. The fraction of sp³-hybridized carbons (Fsp3) is 0.106. The molecular weight excluding hydrogens is 609 g/mol. The number of aryl methyl sites for hydroxylation is 2. The number of aromatic nitrogens is 2. The lowest BCUT2D eigenvalue weighted by atomic mass is 9.79. The van der Waals surface area contributed by atoms with Crippen molar-refractivity contribution >= 4 is 21.9 Å². The van der Waals surface area contributed by atoms with Crippen molar-refractivity contribution in [1.29, 1.82) is 0 Å². The molecule has 240 valence electrons. The van der Waals surface area contributed by atoms with Crippen LogP contribution in [0.5, 0.6) is 0 Å². The van der Waals surface area contributed by atoms with Crippen LogP contribution >= 0.6 is 0 Å². The molecule has 2 unspecified atom stereocenters. The topological polar surface area (TPSA) is 20.9 Å². The number of hydrogen-bond donors (Lipinski definition) is 0. The van der Waals surface area contributed by atoms with Crippen molar-refractivity contribution in [3.8, 4) is 44.8 Å². The minimum absolute atomic E-state index is 0.170. The summed E-state index contributed by atoms with van der Waals surface area (Å²) in [5, 5.41) is 2.28. The van der Waals surface area contributed by atoms with Crippen LogP contribution in [-0.4, -0.2) is 0 Å². The molecule has 3 heteroatoms. The van der Waals surface area contributed by atoms with E-state index in [2.05, 4.69) is 187 Å². The van der Waals surface area contributed by atoms with Crippen LogP contribution in [-0.2, 0) is 13.5 Å². The highest BCUT2D eigenvalue weighted by molar-refractivity contribution is 6.13. The molecule has 0 N–H and O–H groups in total. The lowest BCUT2D eigenvalue weighted by Crippen LogP contribution is -2.46. The smallest absolute Gasteiger partial charge is 0.216 e. The van der Waals surface area contributed by atoms with Crippen LogP contribution in [0.15, 0.2) is 175 Å². The van der Waals surface area contributed by atoms with Gasteiger partial charge in [-0.3, -0.25) is 0 Å². The standard InChI is InChI=1S/C47H38N2O/c1-3-42-39(37-16-7-8-17-38(37)43-20-10-12-31-49(42)43)28-26-35-27-29-41-40-19-13-18-36(34-24-22-33(23-25-34)32-14-5-4-6-15-32)46(40)50-47(41)45(35)44-21-9-11-30-48(44)2/h3-25,27,29-31,39,42H,1,26,28H2,2H3/q+2. The Bertz CT molecular complexity index is 2530. The Balaban J connectivity index is 1.16. The average Bonchev–Trinajstić information content (AvgIpc) is 3.56. The predicted molar refractivity (Wildman–Crippen MR) is 204 cm³/mol. The molecule has 1 aliphatic heterocycles. The van der Waals surface area contributed by atoms with Gasteiger partial charge in [-0.15, -0.1) is 0 Å². The SMILES string of the molecule is C=CC1C(CCc2ccc3c(oc4c(-c5ccc(-c6ccccc6)cc5)cccc43)c2-c2cccc[n+]2C)c2ccccc2-c2cccc[n+]21. The summed E-state index contributed by atoms with van der Waals surface area (Å²) in [5.74, 6) is 0.290. The van der Waals surface area contributed by atoms with E-state index in [9.17, 15) is 0 Å². The Hall–Kier alpha value is -6.06. The molecule has 0 amide bonds. The van der Waals surface area contributed by atoms with E-state index in [0.29, 0.717) is 0 Å². The molecule has 0 bridgehead atoms. The van der Waals surface area contributed by atoms with Gasteiger partial charge >= 0.3 is 0 Å². The van der Waals surface area contributed by atoms with E-state index in [-0.39, 0.29) is 12.0 Å². The molecule has 50 heavy (non-hydrogen) atoms. The van der Waals surface area contributed by atoms with E-state index in [0.717, 1.165) is 51.6 Å². The van der Waals surface area contributed by atoms with Gasteiger partial charge in [-0.05, 0) is 64.9 Å². The number of hydrogen-bond acceptors (Lipinski definition) is 1. The first-order chi connectivity index (χ1) is 24.7. The minimum atomic E-state index is 0.170. The highest BCUT2D eigenvalue weighted by Crippen LogP contribution is 2.44. The Morgan fingerprint density at radius 1 is 0.600 bits per heavy atom. The maximum atomic E-state index is 7.04. The van der Waals surface area contributed by atoms with Crippen molar-refractivity contribution in [1.82, 2.24) is 0 Å². The Morgan fingerprint density at radius 2 is 1.28 bits per heavy atom.